The molecule has 4 aromatic rings. The Morgan fingerprint density at radius 2 is 1.97 bits per heavy atom. The number of anilines is 1. The van der Waals surface area contributed by atoms with Crippen LogP contribution in [0, 0.1) is 6.92 Å². The lowest BCUT2D eigenvalue weighted by Gasteiger charge is -2.25. The number of fused-ring (bicyclic) bond motifs is 1. The van der Waals surface area contributed by atoms with Gasteiger partial charge in [-0.15, -0.1) is 0 Å². The fourth-order valence-corrected chi connectivity index (χ4v) is 5.80. The summed E-state index contributed by atoms with van der Waals surface area (Å²) in [6.45, 7) is 4.37. The number of carbonyl (C=O) groups excluding carboxylic acids is 2. The van der Waals surface area contributed by atoms with Crippen LogP contribution in [-0.4, -0.2) is 35.5 Å². The molecule has 8 nitrogen and oxygen atoms in total. The smallest absolute Gasteiger partial charge is 0.296 e. The maximum absolute atomic E-state index is 13.6. The predicted octanol–water partition coefficient (Wildman–Crippen LogP) is 7.21. The monoisotopic (exact) mass is 566 g/mol. The number of furan rings is 1. The molecule has 0 aliphatic carbocycles. The lowest BCUT2D eigenvalue weighted by atomic mass is 9.95. The van der Waals surface area contributed by atoms with E-state index < -0.39 is 23.5 Å². The van der Waals surface area contributed by atoms with Crippen molar-refractivity contribution >= 4 is 50.0 Å². The Kier molecular flexibility index (Phi) is 7.63. The first-order chi connectivity index (χ1) is 18.8. The summed E-state index contributed by atoms with van der Waals surface area (Å²) in [5, 5.41) is 11.9. The van der Waals surface area contributed by atoms with Crippen LogP contribution in [0.3, 0.4) is 0 Å². The zero-order valence-corrected chi connectivity index (χ0v) is 23.3. The number of aliphatic hydroxyl groups is 1. The van der Waals surface area contributed by atoms with Crippen LogP contribution < -0.4 is 14.4 Å². The number of halogens is 1. The van der Waals surface area contributed by atoms with E-state index in [0.29, 0.717) is 45.1 Å². The molecule has 1 atom stereocenters. The summed E-state index contributed by atoms with van der Waals surface area (Å²) in [6.07, 6.45) is 3.03. The Balaban J connectivity index is 1.61. The van der Waals surface area contributed by atoms with E-state index in [1.807, 2.05) is 0 Å². The molecule has 39 heavy (non-hydrogen) atoms. The highest BCUT2D eigenvalue weighted by molar-refractivity contribution is 7.22. The van der Waals surface area contributed by atoms with E-state index in [1.54, 1.807) is 49.4 Å². The summed E-state index contributed by atoms with van der Waals surface area (Å²) in [7, 11) is 1.53. The number of ether oxygens (including phenoxy) is 2. The summed E-state index contributed by atoms with van der Waals surface area (Å²) >= 11 is 7.41. The van der Waals surface area contributed by atoms with Gasteiger partial charge in [-0.3, -0.25) is 14.5 Å². The van der Waals surface area contributed by atoms with Crippen molar-refractivity contribution in [2.75, 3.05) is 18.6 Å². The quantitative estimate of drug-likeness (QED) is 0.160. The number of nitrogens with zero attached hydrogens (tertiary/aromatic N) is 2. The second kappa shape index (κ2) is 11.1. The minimum absolute atomic E-state index is 0.0209. The number of rotatable bonds is 10. The molecule has 0 spiro atoms. The van der Waals surface area contributed by atoms with Crippen molar-refractivity contribution < 1.29 is 28.6 Å². The van der Waals surface area contributed by atoms with Crippen LogP contribution in [0.15, 0.2) is 64.3 Å². The molecule has 10 heteroatoms. The van der Waals surface area contributed by atoms with Crippen molar-refractivity contribution in [3.8, 4) is 11.5 Å². The first-order valence-corrected chi connectivity index (χ1v) is 13.8. The molecule has 202 valence electrons. The van der Waals surface area contributed by atoms with Crippen LogP contribution in [0.1, 0.15) is 54.1 Å². The highest BCUT2D eigenvalue weighted by atomic mass is 35.5. The van der Waals surface area contributed by atoms with Crippen molar-refractivity contribution in [1.82, 2.24) is 4.98 Å². The summed E-state index contributed by atoms with van der Waals surface area (Å²) in [4.78, 5) is 33.1. The highest BCUT2D eigenvalue weighted by Crippen LogP contribution is 2.46. The van der Waals surface area contributed by atoms with E-state index in [-0.39, 0.29) is 11.3 Å². The summed E-state index contributed by atoms with van der Waals surface area (Å²) in [5.74, 6) is -0.446. The van der Waals surface area contributed by atoms with Gasteiger partial charge >= 0.3 is 0 Å². The second-order valence-corrected chi connectivity index (χ2v) is 10.6. The van der Waals surface area contributed by atoms with Crippen molar-refractivity contribution in [2.24, 2.45) is 0 Å². The van der Waals surface area contributed by atoms with Gasteiger partial charge in [0.15, 0.2) is 28.1 Å². The first-order valence-electron chi connectivity index (χ1n) is 12.6. The molecule has 1 N–H and O–H groups in total. The van der Waals surface area contributed by atoms with E-state index in [4.69, 9.17) is 25.5 Å². The van der Waals surface area contributed by atoms with Gasteiger partial charge in [-0.2, -0.15) is 0 Å². The molecule has 1 amide bonds. The maximum Gasteiger partial charge on any atom is 0.296 e. The average molecular weight is 567 g/mol. The number of carbonyl (C=O) groups is 2. The van der Waals surface area contributed by atoms with Crippen LogP contribution in [0.5, 0.6) is 11.5 Å². The van der Waals surface area contributed by atoms with Gasteiger partial charge in [0.1, 0.15) is 5.76 Å². The number of aryl methyl sites for hydroxylation is 1. The maximum atomic E-state index is 13.6. The van der Waals surface area contributed by atoms with Crippen LogP contribution >= 0.6 is 22.9 Å². The Hall–Kier alpha value is -3.82. The van der Waals surface area contributed by atoms with Gasteiger partial charge in [-0.25, -0.2) is 4.98 Å². The number of ketones is 1. The van der Waals surface area contributed by atoms with E-state index in [2.05, 4.69) is 11.9 Å². The molecule has 0 saturated heterocycles. The van der Waals surface area contributed by atoms with Gasteiger partial charge in [-0.05, 0) is 61.4 Å². The number of hydrogen-bond acceptors (Lipinski definition) is 8. The molecule has 0 bridgehead atoms. The van der Waals surface area contributed by atoms with Gasteiger partial charge < -0.3 is 19.0 Å². The van der Waals surface area contributed by atoms with Gasteiger partial charge in [0.25, 0.3) is 5.91 Å². The first kappa shape index (κ1) is 26.8. The normalized spacial score (nSPS) is 15.4. The van der Waals surface area contributed by atoms with Gasteiger partial charge in [0.05, 0.1) is 35.5 Å². The third-order valence-electron chi connectivity index (χ3n) is 6.47. The van der Waals surface area contributed by atoms with Crippen molar-refractivity contribution in [1.29, 1.82) is 0 Å². The van der Waals surface area contributed by atoms with Crippen molar-refractivity contribution in [3.63, 3.8) is 0 Å². The zero-order valence-electron chi connectivity index (χ0n) is 21.7. The lowest BCUT2D eigenvalue weighted by molar-refractivity contribution is -0.117. The van der Waals surface area contributed by atoms with Gasteiger partial charge in [-0.1, -0.05) is 48.8 Å². The van der Waals surface area contributed by atoms with Crippen molar-refractivity contribution in [2.45, 2.75) is 39.2 Å². The number of benzene rings is 2. The standard InChI is InChI=1S/C29H27ClN2O6S/c1-4-5-6-13-37-20-12-8-17(14-22(20)36-3)25-24(26(33)21-11-7-16(2)38-21)27(34)28(35)32(25)29-31-19-10-9-18(30)15-23(19)39-29/h7-12,14-15,25,34H,4-6,13H2,1-3H3. The van der Waals surface area contributed by atoms with E-state index in [1.165, 1.54) is 29.4 Å². The molecule has 0 fully saturated rings. The molecule has 0 radical (unpaired) electrons. The fourth-order valence-electron chi connectivity index (χ4n) is 4.54. The molecule has 1 aliphatic rings. The third kappa shape index (κ3) is 5.12. The second-order valence-electron chi connectivity index (χ2n) is 9.15. The Labute approximate surface area is 234 Å². The molecule has 2 aromatic heterocycles. The highest BCUT2D eigenvalue weighted by Gasteiger charge is 2.46. The number of thiazole rings is 1. The predicted molar refractivity (Wildman–Crippen MR) is 150 cm³/mol. The van der Waals surface area contributed by atoms with E-state index in [0.717, 1.165) is 24.0 Å². The molecule has 0 saturated carbocycles. The van der Waals surface area contributed by atoms with E-state index >= 15 is 0 Å². The summed E-state index contributed by atoms with van der Waals surface area (Å²) in [5.41, 5.74) is 1.07. The van der Waals surface area contributed by atoms with Crippen LogP contribution in [-0.2, 0) is 4.79 Å². The molecular weight excluding hydrogens is 540 g/mol. The number of unbranched alkanes of at least 4 members (excludes halogenated alkanes) is 2. The minimum Gasteiger partial charge on any atom is -0.503 e. The topological polar surface area (TPSA) is 102 Å². The largest absolute Gasteiger partial charge is 0.503 e. The number of amides is 1. The number of hydrogen-bond donors (Lipinski definition) is 1. The summed E-state index contributed by atoms with van der Waals surface area (Å²) < 4.78 is 17.9. The zero-order chi connectivity index (χ0) is 27.7. The number of aliphatic hydroxyl groups excluding tert-OH is 1. The Morgan fingerprint density at radius 3 is 2.69 bits per heavy atom. The lowest BCUT2D eigenvalue weighted by Crippen LogP contribution is -2.31. The van der Waals surface area contributed by atoms with Crippen LogP contribution in [0.4, 0.5) is 5.13 Å². The number of methoxy groups -OCH3 is 1. The Bertz CT molecular complexity index is 1590. The van der Waals surface area contributed by atoms with Gasteiger partial charge in [0.2, 0.25) is 5.78 Å². The molecular formula is C29H27ClN2O6S. The fraction of sp³-hybridized carbons (Fsp3) is 0.276. The van der Waals surface area contributed by atoms with E-state index in [9.17, 15) is 14.7 Å². The third-order valence-corrected chi connectivity index (χ3v) is 7.72. The van der Waals surface area contributed by atoms with Crippen molar-refractivity contribution in [3.05, 3.63) is 82.0 Å². The summed E-state index contributed by atoms with van der Waals surface area (Å²) in [6, 6.07) is 12.6. The number of aromatic nitrogens is 1. The van der Waals surface area contributed by atoms with Crippen LogP contribution in [0.2, 0.25) is 5.02 Å². The molecule has 1 unspecified atom stereocenters. The Morgan fingerprint density at radius 1 is 1.15 bits per heavy atom. The number of Topliss-reactive ketones (excluding diaryl/α,β-unsaturated/α-hetero) is 1. The molecule has 3 heterocycles. The average Bonchev–Trinajstić information content (AvgIpc) is 3.62. The van der Waals surface area contributed by atoms with Crippen LogP contribution in [0.25, 0.3) is 10.2 Å². The SMILES string of the molecule is CCCCCOc1ccc(C2C(C(=O)c3ccc(C)o3)=C(O)C(=O)N2c2nc3ccc(Cl)cc3s2)cc1OC. The van der Waals surface area contributed by atoms with Gasteiger partial charge in [0, 0.05) is 5.02 Å². The molecule has 5 rings (SSSR count). The molecule has 2 aromatic carbocycles. The molecule has 1 aliphatic heterocycles. The minimum atomic E-state index is -0.991.